The maximum atomic E-state index is 12.4. The quantitative estimate of drug-likeness (QED) is 0.679. The molecule has 152 valence electrons. The zero-order valence-electron chi connectivity index (χ0n) is 16.8. The van der Waals surface area contributed by atoms with Crippen LogP contribution in [0.5, 0.6) is 11.5 Å². The Bertz CT molecular complexity index is 804. The van der Waals surface area contributed by atoms with Crippen LogP contribution in [-0.4, -0.2) is 39.1 Å². The summed E-state index contributed by atoms with van der Waals surface area (Å²) >= 11 is 1.41. The van der Waals surface area contributed by atoms with Gasteiger partial charge in [0.05, 0.1) is 12.4 Å². The Morgan fingerprint density at radius 1 is 1.25 bits per heavy atom. The molecular formula is C20H28N4O3S. The molecule has 1 aromatic heterocycles. The van der Waals surface area contributed by atoms with Gasteiger partial charge < -0.3 is 19.4 Å². The molecule has 1 heterocycles. The van der Waals surface area contributed by atoms with Crippen molar-refractivity contribution < 1.29 is 14.3 Å². The van der Waals surface area contributed by atoms with Crippen molar-refractivity contribution in [1.29, 1.82) is 0 Å². The molecule has 1 amide bonds. The van der Waals surface area contributed by atoms with Crippen LogP contribution in [0.4, 0.5) is 0 Å². The first-order valence-corrected chi connectivity index (χ1v) is 10.5. The summed E-state index contributed by atoms with van der Waals surface area (Å²) < 4.78 is 13.1. The van der Waals surface area contributed by atoms with Gasteiger partial charge in [0.15, 0.2) is 17.1 Å². The summed E-state index contributed by atoms with van der Waals surface area (Å²) in [6, 6.07) is 7.77. The second-order valence-corrected chi connectivity index (χ2v) is 8.40. The number of benzene rings is 1. The van der Waals surface area contributed by atoms with Gasteiger partial charge in [0, 0.05) is 19.2 Å². The number of hydrogen-bond donors (Lipinski definition) is 1. The first-order chi connectivity index (χ1) is 13.5. The third kappa shape index (κ3) is 4.98. The van der Waals surface area contributed by atoms with E-state index in [1.54, 1.807) is 7.11 Å². The second kappa shape index (κ2) is 9.32. The molecule has 7 nitrogen and oxygen atoms in total. The van der Waals surface area contributed by atoms with Gasteiger partial charge in [0.2, 0.25) is 5.91 Å². The van der Waals surface area contributed by atoms with E-state index in [1.165, 1.54) is 24.6 Å². The SMILES string of the molecule is COc1cccc(OC(C)c2nnc(SC(C)C(=O)NC3CCCC3)n2C)c1. The Labute approximate surface area is 170 Å². The smallest absolute Gasteiger partial charge is 0.233 e. The summed E-state index contributed by atoms with van der Waals surface area (Å²) in [5, 5.41) is 12.1. The van der Waals surface area contributed by atoms with Crippen molar-refractivity contribution >= 4 is 17.7 Å². The fourth-order valence-electron chi connectivity index (χ4n) is 3.31. The molecule has 2 aromatic rings. The highest BCUT2D eigenvalue weighted by Gasteiger charge is 2.24. The van der Waals surface area contributed by atoms with E-state index in [0.717, 1.165) is 18.6 Å². The summed E-state index contributed by atoms with van der Waals surface area (Å²) in [6.07, 6.45) is 4.27. The minimum absolute atomic E-state index is 0.0575. The topological polar surface area (TPSA) is 78.3 Å². The van der Waals surface area contributed by atoms with Crippen LogP contribution in [-0.2, 0) is 11.8 Å². The van der Waals surface area contributed by atoms with Crippen LogP contribution < -0.4 is 14.8 Å². The molecule has 1 aliphatic rings. The maximum absolute atomic E-state index is 12.4. The van der Waals surface area contributed by atoms with E-state index < -0.39 is 0 Å². The second-order valence-electron chi connectivity index (χ2n) is 7.09. The number of carbonyl (C=O) groups excluding carboxylic acids is 1. The number of hydrogen-bond acceptors (Lipinski definition) is 6. The Morgan fingerprint density at radius 3 is 2.68 bits per heavy atom. The van der Waals surface area contributed by atoms with Crippen LogP contribution in [0.2, 0.25) is 0 Å². The number of thioether (sulfide) groups is 1. The van der Waals surface area contributed by atoms with Crippen LogP contribution in [0.3, 0.4) is 0 Å². The number of ether oxygens (including phenoxy) is 2. The lowest BCUT2D eigenvalue weighted by Crippen LogP contribution is -2.37. The molecule has 0 aliphatic heterocycles. The van der Waals surface area contributed by atoms with Gasteiger partial charge >= 0.3 is 0 Å². The average Bonchev–Trinajstić information content (AvgIpc) is 3.32. The summed E-state index contributed by atoms with van der Waals surface area (Å²) in [4.78, 5) is 12.4. The Hall–Kier alpha value is -2.22. The molecule has 1 fully saturated rings. The van der Waals surface area contributed by atoms with Gasteiger partial charge in [-0.15, -0.1) is 10.2 Å². The highest BCUT2D eigenvalue weighted by Crippen LogP contribution is 2.28. The van der Waals surface area contributed by atoms with Crippen LogP contribution >= 0.6 is 11.8 Å². The summed E-state index contributed by atoms with van der Waals surface area (Å²) in [5.41, 5.74) is 0. The zero-order chi connectivity index (χ0) is 20.1. The van der Waals surface area contributed by atoms with Crippen molar-refractivity contribution in [3.63, 3.8) is 0 Å². The Kier molecular flexibility index (Phi) is 6.83. The number of carbonyl (C=O) groups is 1. The van der Waals surface area contributed by atoms with Gasteiger partial charge in [-0.2, -0.15) is 0 Å². The highest BCUT2D eigenvalue weighted by molar-refractivity contribution is 8.00. The van der Waals surface area contributed by atoms with Gasteiger partial charge in [0.1, 0.15) is 11.5 Å². The molecule has 0 radical (unpaired) electrons. The van der Waals surface area contributed by atoms with Gasteiger partial charge in [-0.05, 0) is 38.8 Å². The van der Waals surface area contributed by atoms with E-state index in [0.29, 0.717) is 22.8 Å². The number of aromatic nitrogens is 3. The van der Waals surface area contributed by atoms with Gasteiger partial charge in [-0.25, -0.2) is 0 Å². The van der Waals surface area contributed by atoms with Crippen LogP contribution in [0.15, 0.2) is 29.4 Å². The van der Waals surface area contributed by atoms with Crippen LogP contribution in [0, 0.1) is 0 Å². The predicted molar refractivity (Wildman–Crippen MR) is 109 cm³/mol. The molecule has 0 saturated heterocycles. The van der Waals surface area contributed by atoms with E-state index in [2.05, 4.69) is 15.5 Å². The fourth-order valence-corrected chi connectivity index (χ4v) is 4.15. The number of nitrogens with one attached hydrogen (secondary N) is 1. The summed E-state index contributed by atoms with van der Waals surface area (Å²) in [7, 11) is 3.52. The van der Waals surface area contributed by atoms with Crippen LogP contribution in [0.25, 0.3) is 0 Å². The minimum atomic E-state index is -0.290. The molecule has 2 atom stereocenters. The molecule has 0 spiro atoms. The molecule has 2 unspecified atom stereocenters. The van der Waals surface area contributed by atoms with Crippen molar-refractivity contribution in [1.82, 2.24) is 20.1 Å². The number of nitrogens with zero attached hydrogens (tertiary/aromatic N) is 3. The van der Waals surface area contributed by atoms with E-state index in [4.69, 9.17) is 9.47 Å². The van der Waals surface area contributed by atoms with E-state index in [-0.39, 0.29) is 17.3 Å². The average molecular weight is 405 g/mol. The molecule has 3 rings (SSSR count). The Balaban J connectivity index is 1.61. The van der Waals surface area contributed by atoms with E-state index in [9.17, 15) is 4.79 Å². The lowest BCUT2D eigenvalue weighted by atomic mass is 10.2. The third-order valence-electron chi connectivity index (χ3n) is 4.94. The predicted octanol–water partition coefficient (Wildman–Crippen LogP) is 3.50. The first kappa shape index (κ1) is 20.5. The van der Waals surface area contributed by atoms with Crippen molar-refractivity contribution in [2.45, 2.75) is 62.1 Å². The van der Waals surface area contributed by atoms with Crippen molar-refractivity contribution in [3.05, 3.63) is 30.1 Å². The summed E-state index contributed by atoms with van der Waals surface area (Å²) in [6.45, 7) is 3.83. The lowest BCUT2D eigenvalue weighted by Gasteiger charge is -2.17. The molecular weight excluding hydrogens is 376 g/mol. The summed E-state index contributed by atoms with van der Waals surface area (Å²) in [5.74, 6) is 2.20. The van der Waals surface area contributed by atoms with Gasteiger partial charge in [0.25, 0.3) is 0 Å². The van der Waals surface area contributed by atoms with Gasteiger partial charge in [-0.3, -0.25) is 4.79 Å². The normalized spacial score (nSPS) is 16.6. The van der Waals surface area contributed by atoms with Crippen molar-refractivity contribution in [2.24, 2.45) is 7.05 Å². The molecule has 1 N–H and O–H groups in total. The lowest BCUT2D eigenvalue weighted by molar-refractivity contribution is -0.120. The fraction of sp³-hybridized carbons (Fsp3) is 0.550. The molecule has 28 heavy (non-hydrogen) atoms. The van der Waals surface area contributed by atoms with E-state index >= 15 is 0 Å². The van der Waals surface area contributed by atoms with Crippen molar-refractivity contribution in [3.8, 4) is 11.5 Å². The number of methoxy groups -OCH3 is 1. The zero-order valence-corrected chi connectivity index (χ0v) is 17.7. The number of rotatable bonds is 8. The molecule has 1 aromatic carbocycles. The Morgan fingerprint density at radius 2 is 1.96 bits per heavy atom. The van der Waals surface area contributed by atoms with Crippen molar-refractivity contribution in [2.75, 3.05) is 7.11 Å². The number of amides is 1. The molecule has 1 aliphatic carbocycles. The van der Waals surface area contributed by atoms with Gasteiger partial charge in [-0.1, -0.05) is 30.7 Å². The largest absolute Gasteiger partial charge is 0.497 e. The minimum Gasteiger partial charge on any atom is -0.497 e. The third-order valence-corrected chi connectivity index (χ3v) is 6.07. The van der Waals surface area contributed by atoms with E-state index in [1.807, 2.05) is 49.7 Å². The maximum Gasteiger partial charge on any atom is 0.233 e. The van der Waals surface area contributed by atoms with Crippen LogP contribution in [0.1, 0.15) is 51.5 Å². The molecule has 1 saturated carbocycles. The first-order valence-electron chi connectivity index (χ1n) is 9.65. The highest BCUT2D eigenvalue weighted by atomic mass is 32.2. The molecule has 8 heteroatoms. The monoisotopic (exact) mass is 404 g/mol. The standard InChI is InChI=1S/C20H28N4O3S/c1-13(27-17-11-7-10-16(12-17)26-4)18-22-23-20(24(18)3)28-14(2)19(25)21-15-8-5-6-9-15/h7,10-15H,5-6,8-9H2,1-4H3,(H,21,25). The molecule has 0 bridgehead atoms.